The molecular weight excluding hydrogens is 541 g/mol. The molecule has 4 heterocycles. The van der Waals surface area contributed by atoms with Gasteiger partial charge in [-0.15, -0.1) is 0 Å². The van der Waals surface area contributed by atoms with Crippen molar-refractivity contribution in [2.75, 3.05) is 24.5 Å². The minimum atomic E-state index is -0.259. The first-order chi connectivity index (χ1) is 21.0. The molecule has 214 valence electrons. The average Bonchev–Trinajstić information content (AvgIpc) is 3.67. The van der Waals surface area contributed by atoms with Crippen LogP contribution in [-0.4, -0.2) is 51.1 Å². The van der Waals surface area contributed by atoms with E-state index in [1.807, 2.05) is 64.4 Å². The molecule has 7 nitrogen and oxygen atoms in total. The van der Waals surface area contributed by atoms with Crippen molar-refractivity contribution in [3.8, 4) is 5.69 Å². The third kappa shape index (κ3) is 5.09. The lowest BCUT2D eigenvalue weighted by Crippen LogP contribution is -2.47. The van der Waals surface area contributed by atoms with E-state index in [1.165, 1.54) is 12.1 Å². The summed E-state index contributed by atoms with van der Waals surface area (Å²) in [7, 11) is 0. The molecule has 0 radical (unpaired) electrons. The number of rotatable bonds is 5. The van der Waals surface area contributed by atoms with E-state index in [2.05, 4.69) is 16.1 Å². The van der Waals surface area contributed by atoms with Gasteiger partial charge in [0.25, 0.3) is 11.8 Å². The van der Waals surface area contributed by atoms with E-state index in [0.717, 1.165) is 40.9 Å². The Balaban J connectivity index is 1.06. The summed E-state index contributed by atoms with van der Waals surface area (Å²) < 4.78 is 15.0. The van der Waals surface area contributed by atoms with Gasteiger partial charge in [-0.05, 0) is 78.4 Å². The number of hydrogen-bond donors (Lipinski definition) is 0. The number of para-hydroxylation sites is 1. The van der Waals surface area contributed by atoms with Crippen molar-refractivity contribution >= 4 is 17.5 Å². The second kappa shape index (κ2) is 10.9. The summed E-state index contributed by atoms with van der Waals surface area (Å²) in [6.45, 7) is 1.78. The van der Waals surface area contributed by atoms with Crippen LogP contribution in [0.4, 0.5) is 10.1 Å². The fraction of sp³-hybridized carbons (Fsp3) is 0.200. The molecule has 2 aromatic heterocycles. The summed E-state index contributed by atoms with van der Waals surface area (Å²) in [5, 5.41) is 4.40. The van der Waals surface area contributed by atoms with Crippen molar-refractivity contribution in [2.24, 2.45) is 0 Å². The highest BCUT2D eigenvalue weighted by molar-refractivity contribution is 6.07. The summed E-state index contributed by atoms with van der Waals surface area (Å²) in [5.74, 6) is -0.335. The summed E-state index contributed by atoms with van der Waals surface area (Å²) in [5.41, 5.74) is 5.84. The third-order valence-corrected chi connectivity index (χ3v) is 8.72. The molecule has 2 aliphatic rings. The van der Waals surface area contributed by atoms with Crippen LogP contribution >= 0.6 is 0 Å². The number of likely N-dealkylation sites (tertiary alicyclic amines) is 1. The molecule has 0 bridgehead atoms. The van der Waals surface area contributed by atoms with Gasteiger partial charge in [-0.3, -0.25) is 14.6 Å². The molecule has 2 amide bonds. The first-order valence-corrected chi connectivity index (χ1v) is 14.5. The molecule has 7 rings (SSSR count). The zero-order valence-corrected chi connectivity index (χ0v) is 23.6. The Morgan fingerprint density at radius 1 is 0.814 bits per heavy atom. The van der Waals surface area contributed by atoms with Crippen molar-refractivity contribution in [3.63, 3.8) is 0 Å². The number of benzene rings is 3. The van der Waals surface area contributed by atoms with Crippen LogP contribution in [0.5, 0.6) is 0 Å². The van der Waals surface area contributed by atoms with E-state index >= 15 is 0 Å². The Morgan fingerprint density at radius 2 is 1.63 bits per heavy atom. The normalized spacial score (nSPS) is 15.5. The fourth-order valence-electron chi connectivity index (χ4n) is 6.43. The second-order valence-corrected chi connectivity index (χ2v) is 11.4. The topological polar surface area (TPSA) is 71.3 Å². The Kier molecular flexibility index (Phi) is 6.81. The number of piperidine rings is 1. The average molecular weight is 572 g/mol. The number of amides is 2. The smallest absolute Gasteiger partial charge is 0.261 e. The molecule has 0 unspecified atom stereocenters. The van der Waals surface area contributed by atoms with Crippen LogP contribution in [0.1, 0.15) is 50.2 Å². The molecule has 8 heteroatoms. The molecule has 1 saturated heterocycles. The van der Waals surface area contributed by atoms with Gasteiger partial charge in [0.1, 0.15) is 5.82 Å². The van der Waals surface area contributed by atoms with Crippen LogP contribution in [0.25, 0.3) is 5.69 Å². The van der Waals surface area contributed by atoms with Gasteiger partial charge in [0.05, 0.1) is 23.6 Å². The Bertz CT molecular complexity index is 1790. The highest BCUT2D eigenvalue weighted by Crippen LogP contribution is 2.47. The highest BCUT2D eigenvalue weighted by Gasteiger charge is 2.47. The van der Waals surface area contributed by atoms with Gasteiger partial charge in [0, 0.05) is 48.7 Å². The van der Waals surface area contributed by atoms with Gasteiger partial charge in [0.2, 0.25) is 0 Å². The SMILES string of the molecule is O=C(c1cccc(Cc2ccc(F)cc2)c1)N1CCC2(CC1)CN(C(=O)c1cnn(-c3cccnc3)c1)c1ccccc12. The van der Waals surface area contributed by atoms with Crippen molar-refractivity contribution < 1.29 is 14.0 Å². The van der Waals surface area contributed by atoms with Gasteiger partial charge in [-0.1, -0.05) is 42.5 Å². The first-order valence-electron chi connectivity index (χ1n) is 14.5. The molecule has 3 aromatic carbocycles. The number of fused-ring (bicyclic) bond motifs is 2. The van der Waals surface area contributed by atoms with Crippen LogP contribution in [0.3, 0.4) is 0 Å². The van der Waals surface area contributed by atoms with Gasteiger partial charge in [0.15, 0.2) is 0 Å². The second-order valence-electron chi connectivity index (χ2n) is 11.4. The number of pyridine rings is 1. The lowest BCUT2D eigenvalue weighted by molar-refractivity contribution is 0.0670. The summed E-state index contributed by atoms with van der Waals surface area (Å²) >= 11 is 0. The summed E-state index contributed by atoms with van der Waals surface area (Å²) in [6.07, 6.45) is 8.93. The maximum Gasteiger partial charge on any atom is 0.261 e. The lowest BCUT2D eigenvalue weighted by atomic mass is 9.74. The number of aromatic nitrogens is 3. The quantitative estimate of drug-likeness (QED) is 0.266. The number of carbonyl (C=O) groups excluding carboxylic acids is 2. The summed E-state index contributed by atoms with van der Waals surface area (Å²) in [4.78, 5) is 35.3. The molecular formula is C35H30FN5O2. The Hall–Kier alpha value is -5.11. The van der Waals surface area contributed by atoms with E-state index in [0.29, 0.717) is 37.2 Å². The fourth-order valence-corrected chi connectivity index (χ4v) is 6.43. The van der Waals surface area contributed by atoms with Crippen molar-refractivity contribution in [3.05, 3.63) is 143 Å². The van der Waals surface area contributed by atoms with Crippen molar-refractivity contribution in [1.29, 1.82) is 0 Å². The number of hydrogen-bond acceptors (Lipinski definition) is 4. The molecule has 5 aromatic rings. The minimum absolute atomic E-state index is 0.0119. The number of carbonyl (C=O) groups is 2. The maximum absolute atomic E-state index is 13.8. The van der Waals surface area contributed by atoms with Gasteiger partial charge in [-0.25, -0.2) is 9.07 Å². The highest BCUT2D eigenvalue weighted by atomic mass is 19.1. The predicted octanol–water partition coefficient (Wildman–Crippen LogP) is 5.83. The number of halogens is 1. The summed E-state index contributed by atoms with van der Waals surface area (Å²) in [6, 6.07) is 26.0. The largest absolute Gasteiger partial charge is 0.339 e. The van der Waals surface area contributed by atoms with E-state index in [-0.39, 0.29) is 23.0 Å². The van der Waals surface area contributed by atoms with E-state index < -0.39 is 0 Å². The van der Waals surface area contributed by atoms with Gasteiger partial charge in [-0.2, -0.15) is 5.10 Å². The zero-order valence-electron chi connectivity index (χ0n) is 23.6. The minimum Gasteiger partial charge on any atom is -0.339 e. The van der Waals surface area contributed by atoms with Crippen LogP contribution in [0.2, 0.25) is 0 Å². The number of nitrogens with zero attached hydrogens (tertiary/aromatic N) is 5. The first kappa shape index (κ1) is 26.8. The van der Waals surface area contributed by atoms with Gasteiger partial charge >= 0.3 is 0 Å². The maximum atomic E-state index is 13.8. The lowest BCUT2D eigenvalue weighted by Gasteiger charge is -2.40. The number of anilines is 1. The van der Waals surface area contributed by atoms with Crippen LogP contribution < -0.4 is 4.90 Å². The molecule has 43 heavy (non-hydrogen) atoms. The van der Waals surface area contributed by atoms with Crippen LogP contribution in [0.15, 0.2) is 110 Å². The van der Waals surface area contributed by atoms with E-state index in [9.17, 15) is 14.0 Å². The van der Waals surface area contributed by atoms with Crippen molar-refractivity contribution in [1.82, 2.24) is 19.7 Å². The molecule has 1 fully saturated rings. The molecule has 0 N–H and O–H groups in total. The van der Waals surface area contributed by atoms with E-state index in [4.69, 9.17) is 0 Å². The Labute approximate surface area is 249 Å². The zero-order chi connectivity index (χ0) is 29.4. The van der Waals surface area contributed by atoms with E-state index in [1.54, 1.807) is 41.6 Å². The van der Waals surface area contributed by atoms with Crippen LogP contribution in [0, 0.1) is 5.82 Å². The monoisotopic (exact) mass is 571 g/mol. The molecule has 2 aliphatic heterocycles. The van der Waals surface area contributed by atoms with Crippen LogP contribution in [-0.2, 0) is 11.8 Å². The molecule has 0 aliphatic carbocycles. The molecule has 0 saturated carbocycles. The van der Waals surface area contributed by atoms with Gasteiger partial charge < -0.3 is 9.80 Å². The predicted molar refractivity (Wildman–Crippen MR) is 162 cm³/mol. The molecule has 0 atom stereocenters. The standard InChI is InChI=1S/C35H30FN5O2/c36-29-12-10-25(11-13-29)19-26-5-3-6-27(20-26)33(42)39-17-14-35(15-18-39)24-40(32-9-2-1-8-31(32)35)34(43)28-21-38-41(23-28)30-7-4-16-37-22-30/h1-13,16,20-23H,14-15,17-19,24H2. The molecule has 1 spiro atoms. The van der Waals surface area contributed by atoms with Crippen molar-refractivity contribution in [2.45, 2.75) is 24.7 Å². The third-order valence-electron chi connectivity index (χ3n) is 8.72. The Morgan fingerprint density at radius 3 is 2.42 bits per heavy atom.